The second-order valence-corrected chi connectivity index (χ2v) is 4.97. The van der Waals surface area contributed by atoms with Gasteiger partial charge in [-0.25, -0.2) is 0 Å². The van der Waals surface area contributed by atoms with Crippen LogP contribution < -0.4 is 0 Å². The van der Waals surface area contributed by atoms with Gasteiger partial charge in [0.05, 0.1) is 13.2 Å². The Kier molecular flexibility index (Phi) is 4.00. The van der Waals surface area contributed by atoms with Gasteiger partial charge in [-0.3, -0.25) is 4.90 Å². The van der Waals surface area contributed by atoms with Gasteiger partial charge in [0.2, 0.25) is 0 Å². The molecule has 1 aliphatic rings. The molecule has 2 nitrogen and oxygen atoms in total. The molecule has 0 N–H and O–H groups in total. The van der Waals surface area contributed by atoms with Crippen molar-refractivity contribution in [2.24, 2.45) is 0 Å². The van der Waals surface area contributed by atoms with Crippen LogP contribution in [-0.2, 0) is 4.74 Å². The molecule has 1 unspecified atom stereocenters. The van der Waals surface area contributed by atoms with E-state index in [4.69, 9.17) is 4.74 Å². The maximum Gasteiger partial charge on any atom is 0.100 e. The number of hydrogen-bond donors (Lipinski definition) is 0. The van der Waals surface area contributed by atoms with Crippen molar-refractivity contribution in [3.8, 4) is 0 Å². The SMILES string of the molecule is CCCCC1(Br)COCCN1C. The summed E-state index contributed by atoms with van der Waals surface area (Å²) < 4.78 is 5.58. The van der Waals surface area contributed by atoms with Gasteiger partial charge in [-0.15, -0.1) is 0 Å². The third kappa shape index (κ3) is 2.44. The van der Waals surface area contributed by atoms with Crippen molar-refractivity contribution in [2.75, 3.05) is 26.8 Å². The van der Waals surface area contributed by atoms with Gasteiger partial charge in [0, 0.05) is 6.54 Å². The van der Waals surface area contributed by atoms with Crippen LogP contribution in [0.1, 0.15) is 26.2 Å². The van der Waals surface area contributed by atoms with Crippen molar-refractivity contribution in [2.45, 2.75) is 30.6 Å². The molecule has 3 heteroatoms. The van der Waals surface area contributed by atoms with E-state index < -0.39 is 0 Å². The molecule has 72 valence electrons. The molecular weight excluding hydrogens is 218 g/mol. The van der Waals surface area contributed by atoms with Gasteiger partial charge < -0.3 is 4.74 Å². The number of likely N-dealkylation sites (N-methyl/N-ethyl adjacent to an activating group) is 1. The molecule has 0 amide bonds. The average molecular weight is 236 g/mol. The molecule has 12 heavy (non-hydrogen) atoms. The predicted molar refractivity (Wildman–Crippen MR) is 54.6 cm³/mol. The molecular formula is C9H18BrNO. The van der Waals surface area contributed by atoms with E-state index in [2.05, 4.69) is 34.8 Å². The quantitative estimate of drug-likeness (QED) is 0.550. The summed E-state index contributed by atoms with van der Waals surface area (Å²) in [5.74, 6) is 0. The number of rotatable bonds is 3. The van der Waals surface area contributed by atoms with Crippen LogP contribution in [0.5, 0.6) is 0 Å². The molecule has 0 bridgehead atoms. The average Bonchev–Trinajstić information content (AvgIpc) is 2.07. The van der Waals surface area contributed by atoms with Crippen molar-refractivity contribution in [1.82, 2.24) is 4.90 Å². The van der Waals surface area contributed by atoms with Gasteiger partial charge in [-0.1, -0.05) is 35.7 Å². The molecule has 1 heterocycles. The molecule has 0 aromatic heterocycles. The summed E-state index contributed by atoms with van der Waals surface area (Å²) in [5.41, 5.74) is 0. The first-order chi connectivity index (χ1) is 5.69. The zero-order valence-electron chi connectivity index (χ0n) is 7.98. The monoisotopic (exact) mass is 235 g/mol. The largest absolute Gasteiger partial charge is 0.377 e. The Balaban J connectivity index is 2.42. The van der Waals surface area contributed by atoms with E-state index in [1.807, 2.05) is 0 Å². The molecule has 1 rings (SSSR count). The molecule has 0 aliphatic carbocycles. The topological polar surface area (TPSA) is 12.5 Å². The van der Waals surface area contributed by atoms with Gasteiger partial charge in [-0.2, -0.15) is 0 Å². The highest BCUT2D eigenvalue weighted by Gasteiger charge is 2.33. The summed E-state index contributed by atoms with van der Waals surface area (Å²) >= 11 is 3.76. The maximum absolute atomic E-state index is 5.46. The number of hydrogen-bond acceptors (Lipinski definition) is 2. The summed E-state index contributed by atoms with van der Waals surface area (Å²) in [6.45, 7) is 4.95. The molecule has 0 saturated carbocycles. The number of unbranched alkanes of at least 4 members (excludes halogenated alkanes) is 1. The summed E-state index contributed by atoms with van der Waals surface area (Å²) in [7, 11) is 2.16. The van der Waals surface area contributed by atoms with Crippen LogP contribution in [-0.4, -0.2) is 36.2 Å². The van der Waals surface area contributed by atoms with E-state index in [9.17, 15) is 0 Å². The highest BCUT2D eigenvalue weighted by atomic mass is 79.9. The molecule has 0 radical (unpaired) electrons. The minimum atomic E-state index is 0.112. The zero-order chi connectivity index (χ0) is 9.03. The lowest BCUT2D eigenvalue weighted by molar-refractivity contribution is -0.0111. The van der Waals surface area contributed by atoms with Crippen LogP contribution in [0.3, 0.4) is 0 Å². The third-order valence-corrected chi connectivity index (χ3v) is 3.72. The van der Waals surface area contributed by atoms with Gasteiger partial charge in [0.15, 0.2) is 0 Å². The van der Waals surface area contributed by atoms with Crippen LogP contribution in [0.25, 0.3) is 0 Å². The number of ether oxygens (including phenoxy) is 1. The van der Waals surface area contributed by atoms with Gasteiger partial charge in [0.1, 0.15) is 4.45 Å². The zero-order valence-corrected chi connectivity index (χ0v) is 9.56. The van der Waals surface area contributed by atoms with Crippen LogP contribution >= 0.6 is 15.9 Å². The number of alkyl halides is 1. The fourth-order valence-electron chi connectivity index (χ4n) is 1.45. The standard InChI is InChI=1S/C9H18BrNO/c1-3-4-5-9(10)8-12-7-6-11(9)2/h3-8H2,1-2H3. The Hall–Kier alpha value is 0.400. The number of halogens is 1. The van der Waals surface area contributed by atoms with Gasteiger partial charge in [-0.05, 0) is 13.5 Å². The fraction of sp³-hybridized carbons (Fsp3) is 1.00. The lowest BCUT2D eigenvalue weighted by Gasteiger charge is -2.40. The normalized spacial score (nSPS) is 32.2. The fourth-order valence-corrected chi connectivity index (χ4v) is 2.07. The lowest BCUT2D eigenvalue weighted by atomic mass is 10.1. The Labute approximate surface area is 83.4 Å². The molecule has 0 aromatic rings. The molecule has 1 atom stereocenters. The first-order valence-corrected chi connectivity index (χ1v) is 5.46. The smallest absolute Gasteiger partial charge is 0.100 e. The molecule has 1 saturated heterocycles. The van der Waals surface area contributed by atoms with Gasteiger partial charge >= 0.3 is 0 Å². The van der Waals surface area contributed by atoms with Crippen LogP contribution in [0.2, 0.25) is 0 Å². The highest BCUT2D eigenvalue weighted by Crippen LogP contribution is 2.30. The summed E-state index contributed by atoms with van der Waals surface area (Å²) in [6.07, 6.45) is 3.69. The summed E-state index contributed by atoms with van der Waals surface area (Å²) in [6, 6.07) is 0. The summed E-state index contributed by atoms with van der Waals surface area (Å²) in [5, 5.41) is 0. The van der Waals surface area contributed by atoms with E-state index in [0.29, 0.717) is 0 Å². The van der Waals surface area contributed by atoms with Crippen LogP contribution in [0.15, 0.2) is 0 Å². The van der Waals surface area contributed by atoms with Crippen molar-refractivity contribution >= 4 is 15.9 Å². The molecule has 0 aromatic carbocycles. The Bertz CT molecular complexity index is 142. The van der Waals surface area contributed by atoms with Gasteiger partial charge in [0.25, 0.3) is 0 Å². The third-order valence-electron chi connectivity index (χ3n) is 2.49. The van der Waals surface area contributed by atoms with Crippen molar-refractivity contribution in [1.29, 1.82) is 0 Å². The lowest BCUT2D eigenvalue weighted by Crippen LogP contribution is -2.50. The summed E-state index contributed by atoms with van der Waals surface area (Å²) in [4.78, 5) is 2.35. The second kappa shape index (κ2) is 4.58. The highest BCUT2D eigenvalue weighted by molar-refractivity contribution is 9.10. The number of nitrogens with zero attached hydrogens (tertiary/aromatic N) is 1. The van der Waals surface area contributed by atoms with Crippen molar-refractivity contribution in [3.05, 3.63) is 0 Å². The second-order valence-electron chi connectivity index (χ2n) is 3.50. The minimum absolute atomic E-state index is 0.112. The Morgan fingerprint density at radius 2 is 2.33 bits per heavy atom. The number of morpholine rings is 1. The minimum Gasteiger partial charge on any atom is -0.377 e. The predicted octanol–water partition coefficient (Wildman–Crippen LogP) is 2.23. The maximum atomic E-state index is 5.46. The first kappa shape index (κ1) is 10.5. The van der Waals surface area contributed by atoms with E-state index >= 15 is 0 Å². The van der Waals surface area contributed by atoms with E-state index in [1.54, 1.807) is 0 Å². The Morgan fingerprint density at radius 1 is 1.58 bits per heavy atom. The molecule has 0 spiro atoms. The molecule has 1 aliphatic heterocycles. The van der Waals surface area contributed by atoms with E-state index in [1.165, 1.54) is 19.3 Å². The van der Waals surface area contributed by atoms with Crippen LogP contribution in [0.4, 0.5) is 0 Å². The van der Waals surface area contributed by atoms with E-state index in [0.717, 1.165) is 19.8 Å². The Morgan fingerprint density at radius 3 is 2.92 bits per heavy atom. The van der Waals surface area contributed by atoms with Crippen molar-refractivity contribution < 1.29 is 4.74 Å². The van der Waals surface area contributed by atoms with Crippen molar-refractivity contribution in [3.63, 3.8) is 0 Å². The molecule has 1 fully saturated rings. The first-order valence-electron chi connectivity index (χ1n) is 4.67. The van der Waals surface area contributed by atoms with Crippen LogP contribution in [0, 0.1) is 0 Å². The van der Waals surface area contributed by atoms with E-state index in [-0.39, 0.29) is 4.45 Å².